The van der Waals surface area contributed by atoms with Crippen LogP contribution in [0.5, 0.6) is 0 Å². The van der Waals surface area contributed by atoms with E-state index in [1.807, 2.05) is 12.2 Å². The Labute approximate surface area is 493 Å². The molecule has 0 aromatic carbocycles. The number of hydrogen-bond acceptors (Lipinski definition) is 11. The van der Waals surface area contributed by atoms with Crippen molar-refractivity contribution in [3.05, 3.63) is 72.9 Å². The van der Waals surface area contributed by atoms with Gasteiger partial charge in [0.1, 0.15) is 18.8 Å². The molecule has 1 saturated heterocycles. The van der Waals surface area contributed by atoms with Gasteiger partial charge in [0.05, 0.1) is 6.61 Å². The highest BCUT2D eigenvalue weighted by Crippen LogP contribution is 2.26. The van der Waals surface area contributed by atoms with E-state index in [0.717, 1.165) is 77.0 Å². The second kappa shape index (κ2) is 56.6. The summed E-state index contributed by atoms with van der Waals surface area (Å²) in [6.45, 7) is 5.89. The summed E-state index contributed by atoms with van der Waals surface area (Å²) in [6, 6.07) is 0. The van der Waals surface area contributed by atoms with Crippen molar-refractivity contribution < 1.29 is 58.2 Å². The second-order valence-corrected chi connectivity index (χ2v) is 22.4. The van der Waals surface area contributed by atoms with E-state index in [4.69, 9.17) is 23.7 Å². The number of allylic oxidation sites excluding steroid dienone is 12. The fourth-order valence-electron chi connectivity index (χ4n) is 9.75. The third-order valence-electron chi connectivity index (χ3n) is 14.8. The summed E-state index contributed by atoms with van der Waals surface area (Å²) in [4.78, 5) is 51.3. The van der Waals surface area contributed by atoms with Crippen LogP contribution in [-0.2, 0) is 42.9 Å². The molecule has 1 aliphatic heterocycles. The van der Waals surface area contributed by atoms with Gasteiger partial charge in [0, 0.05) is 19.3 Å². The third kappa shape index (κ3) is 46.3. The highest BCUT2D eigenvalue weighted by molar-refractivity contribution is 5.74. The quantitative estimate of drug-likeness (QED) is 0.0228. The minimum atomic E-state index is -1.92. The third-order valence-corrected chi connectivity index (χ3v) is 14.8. The molecule has 0 saturated carbocycles. The predicted molar refractivity (Wildman–Crippen MR) is 331 cm³/mol. The fraction of sp³-hybridized carbons (Fsp3) is 0.768. The first-order chi connectivity index (χ1) is 39.6. The van der Waals surface area contributed by atoms with E-state index in [1.165, 1.54) is 148 Å². The SMILES string of the molecule is CC/C=C\C/C=C\C/C=C\C/C=C\C/C=C\CCCC(=O)OC1C(OCC(COC(=O)CCCCCCCCC/C=C\CCCCCCCC)OC(=O)CCCCCCCCCCCCCCCCCCC)OC(C(=O)O)C(O)C1O. The number of unbranched alkanes of at least 4 members (excludes halogenated alkanes) is 30. The Morgan fingerprint density at radius 3 is 1.23 bits per heavy atom. The van der Waals surface area contributed by atoms with Crippen LogP contribution in [0.4, 0.5) is 0 Å². The van der Waals surface area contributed by atoms with Crippen LogP contribution in [0.3, 0.4) is 0 Å². The van der Waals surface area contributed by atoms with Crippen molar-refractivity contribution in [1.82, 2.24) is 0 Å². The molecule has 1 heterocycles. The van der Waals surface area contributed by atoms with Gasteiger partial charge in [-0.3, -0.25) is 14.4 Å². The number of carboxylic acid groups (broad SMARTS) is 1. The van der Waals surface area contributed by atoms with Gasteiger partial charge in [-0.15, -0.1) is 0 Å². The summed E-state index contributed by atoms with van der Waals surface area (Å²) >= 11 is 0. The number of esters is 3. The van der Waals surface area contributed by atoms with Crippen LogP contribution in [0.15, 0.2) is 72.9 Å². The molecule has 1 fully saturated rings. The van der Waals surface area contributed by atoms with E-state index in [1.54, 1.807) is 0 Å². The Morgan fingerprint density at radius 2 is 0.790 bits per heavy atom. The Hall–Kier alpha value is -3.84. The Bertz CT molecular complexity index is 1680. The van der Waals surface area contributed by atoms with Crippen LogP contribution >= 0.6 is 0 Å². The zero-order valence-electron chi connectivity index (χ0n) is 51.5. The Kier molecular flexibility index (Phi) is 52.6. The standard InChI is InChI=1S/C69H118O12/c1-4-7-10-13-16-19-22-25-28-31-34-37-40-43-46-49-52-55-61(70)77-58-60(79-62(71)56-53-50-47-44-41-38-35-32-29-26-23-20-17-14-11-8-5-2)59-78-69-67(65(74)64(73)66(81-69)68(75)76)80-63(72)57-54-51-48-45-42-39-36-33-30-27-24-21-18-15-12-9-6-3/h9,12,18,21,25,27-28,30,36,39,45,48,60,64-67,69,73-74H,4-8,10-11,13-17,19-20,22-24,26,29,31-35,37-38,40-44,46-47,49-59H2,1-3H3,(H,75,76)/b12-9-,21-18-,28-25-,30-27-,39-36-,48-45-. The molecule has 12 nitrogen and oxygen atoms in total. The first-order valence-electron chi connectivity index (χ1n) is 32.9. The highest BCUT2D eigenvalue weighted by Gasteiger charge is 2.50. The van der Waals surface area contributed by atoms with Gasteiger partial charge in [0.25, 0.3) is 0 Å². The zero-order valence-corrected chi connectivity index (χ0v) is 51.5. The minimum absolute atomic E-state index is 0.0183. The van der Waals surface area contributed by atoms with E-state index < -0.39 is 67.3 Å². The first-order valence-corrected chi connectivity index (χ1v) is 32.9. The summed E-state index contributed by atoms with van der Waals surface area (Å²) in [5.74, 6) is -3.18. The molecule has 0 aliphatic carbocycles. The van der Waals surface area contributed by atoms with E-state index >= 15 is 0 Å². The molecule has 0 amide bonds. The van der Waals surface area contributed by atoms with Crippen molar-refractivity contribution in [2.75, 3.05) is 13.2 Å². The van der Waals surface area contributed by atoms with Crippen molar-refractivity contribution in [1.29, 1.82) is 0 Å². The fourth-order valence-corrected chi connectivity index (χ4v) is 9.75. The summed E-state index contributed by atoms with van der Waals surface area (Å²) in [5.41, 5.74) is 0. The van der Waals surface area contributed by atoms with Gasteiger partial charge < -0.3 is 39.0 Å². The highest BCUT2D eigenvalue weighted by atomic mass is 16.7. The average molecular weight is 1140 g/mol. The molecule has 0 aromatic heterocycles. The molecule has 81 heavy (non-hydrogen) atoms. The van der Waals surface area contributed by atoms with Crippen LogP contribution in [-0.4, -0.2) is 89.2 Å². The maximum absolute atomic E-state index is 13.2. The summed E-state index contributed by atoms with van der Waals surface area (Å²) in [7, 11) is 0. The molecule has 6 unspecified atom stereocenters. The minimum Gasteiger partial charge on any atom is -0.479 e. The van der Waals surface area contributed by atoms with Crippen molar-refractivity contribution in [3.63, 3.8) is 0 Å². The second-order valence-electron chi connectivity index (χ2n) is 22.4. The molecule has 0 spiro atoms. The smallest absolute Gasteiger partial charge is 0.335 e. The lowest BCUT2D eigenvalue weighted by Crippen LogP contribution is -2.61. The van der Waals surface area contributed by atoms with Crippen LogP contribution in [0.2, 0.25) is 0 Å². The van der Waals surface area contributed by atoms with Crippen LogP contribution in [0.1, 0.15) is 290 Å². The molecule has 6 atom stereocenters. The van der Waals surface area contributed by atoms with Gasteiger partial charge in [0.15, 0.2) is 24.6 Å². The van der Waals surface area contributed by atoms with Crippen molar-refractivity contribution in [3.8, 4) is 0 Å². The topological polar surface area (TPSA) is 175 Å². The molecule has 0 radical (unpaired) electrons. The lowest BCUT2D eigenvalue weighted by Gasteiger charge is -2.40. The lowest BCUT2D eigenvalue weighted by atomic mass is 9.98. The number of carbonyl (C=O) groups excluding carboxylic acids is 3. The van der Waals surface area contributed by atoms with E-state index in [0.29, 0.717) is 25.7 Å². The van der Waals surface area contributed by atoms with Crippen molar-refractivity contribution >= 4 is 23.9 Å². The van der Waals surface area contributed by atoms with Crippen molar-refractivity contribution in [2.45, 2.75) is 327 Å². The molecule has 0 bridgehead atoms. The van der Waals surface area contributed by atoms with Gasteiger partial charge in [-0.25, -0.2) is 4.79 Å². The molecule has 1 rings (SSSR count). The largest absolute Gasteiger partial charge is 0.479 e. The van der Waals surface area contributed by atoms with Crippen molar-refractivity contribution in [2.24, 2.45) is 0 Å². The Morgan fingerprint density at radius 1 is 0.420 bits per heavy atom. The number of aliphatic hydroxyl groups excluding tert-OH is 2. The summed E-state index contributed by atoms with van der Waals surface area (Å²) in [6.07, 6.45) is 60.1. The van der Waals surface area contributed by atoms with Crippen LogP contribution in [0, 0.1) is 0 Å². The normalized spacial score (nSPS) is 18.2. The number of aliphatic hydroxyl groups is 2. The maximum Gasteiger partial charge on any atom is 0.335 e. The van der Waals surface area contributed by atoms with Crippen LogP contribution < -0.4 is 0 Å². The summed E-state index contributed by atoms with van der Waals surface area (Å²) < 4.78 is 28.5. The molecular formula is C69H118O12. The van der Waals surface area contributed by atoms with E-state index in [2.05, 4.69) is 81.5 Å². The zero-order chi connectivity index (χ0) is 58.9. The lowest BCUT2D eigenvalue weighted by molar-refractivity contribution is -0.301. The number of carbonyl (C=O) groups is 4. The first kappa shape index (κ1) is 75.2. The molecule has 466 valence electrons. The van der Waals surface area contributed by atoms with Crippen LogP contribution in [0.25, 0.3) is 0 Å². The Balaban J connectivity index is 2.69. The molecular weight excluding hydrogens is 1020 g/mol. The van der Waals surface area contributed by atoms with Gasteiger partial charge in [0.2, 0.25) is 0 Å². The average Bonchev–Trinajstić information content (AvgIpc) is 3.53. The number of rotatable bonds is 56. The number of carboxylic acids is 1. The number of aliphatic carboxylic acids is 1. The van der Waals surface area contributed by atoms with E-state index in [-0.39, 0.29) is 25.9 Å². The molecule has 3 N–H and O–H groups in total. The molecule has 12 heteroatoms. The number of ether oxygens (including phenoxy) is 5. The predicted octanol–water partition coefficient (Wildman–Crippen LogP) is 17.7. The molecule has 0 aromatic rings. The van der Waals surface area contributed by atoms with Gasteiger partial charge in [-0.05, 0) is 83.5 Å². The van der Waals surface area contributed by atoms with Gasteiger partial charge in [-0.2, -0.15) is 0 Å². The monoisotopic (exact) mass is 1140 g/mol. The molecule has 1 aliphatic rings. The van der Waals surface area contributed by atoms with Gasteiger partial charge >= 0.3 is 23.9 Å². The number of hydrogen-bond donors (Lipinski definition) is 3. The summed E-state index contributed by atoms with van der Waals surface area (Å²) in [5, 5.41) is 31.6. The van der Waals surface area contributed by atoms with Gasteiger partial charge in [-0.1, -0.05) is 261 Å². The van der Waals surface area contributed by atoms with E-state index in [9.17, 15) is 34.5 Å². The maximum atomic E-state index is 13.2.